The fraction of sp³-hybridized carbons (Fsp3) is 0.278. The number of imide groups is 1. The van der Waals surface area contributed by atoms with Crippen LogP contribution in [0.3, 0.4) is 0 Å². The molecule has 1 unspecified atom stereocenters. The third kappa shape index (κ3) is 2.18. The molecule has 132 valence electrons. The van der Waals surface area contributed by atoms with E-state index in [9.17, 15) is 14.4 Å². The van der Waals surface area contributed by atoms with Gasteiger partial charge in [-0.15, -0.1) is 0 Å². The third-order valence-electron chi connectivity index (χ3n) is 4.84. The number of imidazole rings is 1. The summed E-state index contributed by atoms with van der Waals surface area (Å²) in [5.41, 5.74) is 1.44. The number of Topliss-reactive ketones (excluding diaryl/α,β-unsaturated/α-hetero) is 1. The number of amidine groups is 1. The molecule has 2 aromatic rings. The van der Waals surface area contributed by atoms with E-state index in [1.54, 1.807) is 34.5 Å². The highest BCUT2D eigenvalue weighted by Gasteiger charge is 2.52. The van der Waals surface area contributed by atoms with E-state index in [1.165, 1.54) is 11.9 Å². The number of hydrogen-bond donors (Lipinski definition) is 0. The number of aromatic nitrogens is 2. The molecule has 26 heavy (non-hydrogen) atoms. The van der Waals surface area contributed by atoms with Gasteiger partial charge >= 0.3 is 12.0 Å². The number of ketones is 1. The molecule has 0 aliphatic carbocycles. The van der Waals surface area contributed by atoms with Crippen molar-refractivity contribution in [1.82, 2.24) is 14.4 Å². The van der Waals surface area contributed by atoms with Crippen molar-refractivity contribution >= 4 is 29.5 Å². The van der Waals surface area contributed by atoms with E-state index in [2.05, 4.69) is 4.99 Å². The van der Waals surface area contributed by atoms with Crippen LogP contribution >= 0.6 is 0 Å². The van der Waals surface area contributed by atoms with Gasteiger partial charge in [-0.25, -0.2) is 13.9 Å². The number of urea groups is 1. The smallest absolute Gasteiger partial charge is 0.291 e. The minimum Gasteiger partial charge on any atom is -0.291 e. The average molecular weight is 352 g/mol. The summed E-state index contributed by atoms with van der Waals surface area (Å²) < 4.78 is 3.50. The number of carbonyl (C=O) groups is 3. The highest BCUT2D eigenvalue weighted by Crippen LogP contribution is 2.28. The predicted molar refractivity (Wildman–Crippen MR) is 92.2 cm³/mol. The van der Waals surface area contributed by atoms with Crippen molar-refractivity contribution in [2.24, 2.45) is 4.99 Å². The number of aliphatic imine (C=N–C) groups is 1. The van der Waals surface area contributed by atoms with Gasteiger partial charge in [0.05, 0.1) is 0 Å². The van der Waals surface area contributed by atoms with Crippen molar-refractivity contribution in [2.75, 3.05) is 14.1 Å². The molecule has 1 fully saturated rings. The topological polar surface area (TPSA) is 78.9 Å². The average Bonchev–Trinajstić information content (AvgIpc) is 3.15. The Hall–Kier alpha value is -3.29. The zero-order valence-corrected chi connectivity index (χ0v) is 14.7. The summed E-state index contributed by atoms with van der Waals surface area (Å²) in [4.78, 5) is 44.3. The predicted octanol–water partition coefficient (Wildman–Crippen LogP) is 1.08. The molecule has 1 saturated heterocycles. The van der Waals surface area contributed by atoms with Crippen LogP contribution in [0.4, 0.5) is 10.7 Å². The van der Waals surface area contributed by atoms with Gasteiger partial charge in [-0.3, -0.25) is 19.4 Å². The number of benzene rings is 1. The third-order valence-corrected chi connectivity index (χ3v) is 4.84. The second-order valence-electron chi connectivity index (χ2n) is 6.46. The van der Waals surface area contributed by atoms with E-state index in [0.29, 0.717) is 17.3 Å². The summed E-state index contributed by atoms with van der Waals surface area (Å²) in [6.45, 7) is 1.98. The minimum atomic E-state index is -0.676. The minimum absolute atomic E-state index is 0.0457. The standard InChI is InChI=1S/C18H18N5O3/c1-11-9-23-14-15(20(2)18(26)21(3)16(14)25)19-17(23)22(11)10-13(24)12-7-5-4-6-8-12/h4-9,14H,10H2,1-3H3/q+1. The lowest BCUT2D eigenvalue weighted by molar-refractivity contribution is -0.677. The van der Waals surface area contributed by atoms with Crippen molar-refractivity contribution in [3.63, 3.8) is 0 Å². The number of aryl methyl sites for hydroxylation is 1. The number of hydrogen-bond acceptors (Lipinski definition) is 4. The van der Waals surface area contributed by atoms with Gasteiger partial charge in [0.25, 0.3) is 5.91 Å². The van der Waals surface area contributed by atoms with E-state index >= 15 is 0 Å². The Balaban J connectivity index is 1.74. The summed E-state index contributed by atoms with van der Waals surface area (Å²) in [7, 11) is 3.05. The zero-order valence-electron chi connectivity index (χ0n) is 14.7. The molecular formula is C18H18N5O3+. The molecule has 0 spiro atoms. The van der Waals surface area contributed by atoms with Gasteiger partial charge in [0.1, 0.15) is 18.4 Å². The molecule has 2 aliphatic rings. The van der Waals surface area contributed by atoms with E-state index in [0.717, 1.165) is 10.6 Å². The van der Waals surface area contributed by atoms with Gasteiger partial charge in [0.15, 0.2) is 5.78 Å². The Morgan fingerprint density at radius 3 is 2.54 bits per heavy atom. The van der Waals surface area contributed by atoms with Crippen molar-refractivity contribution in [3.8, 4) is 0 Å². The molecular weight excluding hydrogens is 334 g/mol. The number of carbonyl (C=O) groups excluding carboxylic acids is 3. The summed E-state index contributed by atoms with van der Waals surface area (Å²) in [6.07, 6.45) is 1.80. The van der Waals surface area contributed by atoms with Crippen molar-refractivity contribution in [1.29, 1.82) is 0 Å². The van der Waals surface area contributed by atoms with E-state index in [4.69, 9.17) is 0 Å². The molecule has 3 heterocycles. The van der Waals surface area contributed by atoms with Crippen LogP contribution in [0.15, 0.2) is 41.5 Å². The quantitative estimate of drug-likeness (QED) is 0.612. The number of rotatable bonds is 3. The highest BCUT2D eigenvalue weighted by atomic mass is 16.2. The van der Waals surface area contributed by atoms with Crippen LogP contribution < -0.4 is 4.57 Å². The Kier molecular flexibility index (Phi) is 3.50. The van der Waals surface area contributed by atoms with Crippen molar-refractivity contribution in [2.45, 2.75) is 19.5 Å². The van der Waals surface area contributed by atoms with Gasteiger partial charge in [-0.1, -0.05) is 35.3 Å². The Labute approximate surface area is 150 Å². The zero-order chi connectivity index (χ0) is 18.6. The number of likely N-dealkylation sites (N-methyl/N-ethyl adjacent to an activating group) is 2. The van der Waals surface area contributed by atoms with Crippen molar-refractivity contribution < 1.29 is 19.0 Å². The molecule has 4 rings (SSSR count). The molecule has 0 N–H and O–H groups in total. The Bertz CT molecular complexity index is 976. The number of amides is 3. The van der Waals surface area contributed by atoms with Gasteiger partial charge in [0.2, 0.25) is 11.9 Å². The second-order valence-corrected chi connectivity index (χ2v) is 6.46. The first kappa shape index (κ1) is 16.2. The first-order valence-corrected chi connectivity index (χ1v) is 8.23. The molecule has 0 bridgehead atoms. The van der Waals surface area contributed by atoms with Crippen LogP contribution in [-0.4, -0.2) is 52.0 Å². The van der Waals surface area contributed by atoms with Crippen LogP contribution in [0.5, 0.6) is 0 Å². The maximum absolute atomic E-state index is 12.6. The lowest BCUT2D eigenvalue weighted by Gasteiger charge is -2.30. The molecule has 1 aromatic heterocycles. The molecule has 3 amide bonds. The van der Waals surface area contributed by atoms with Crippen LogP contribution in [-0.2, 0) is 11.3 Å². The number of nitrogens with zero attached hydrogens (tertiary/aromatic N) is 5. The molecule has 2 aliphatic heterocycles. The lowest BCUT2D eigenvalue weighted by Crippen LogP contribution is -2.61. The first-order valence-electron chi connectivity index (χ1n) is 8.23. The summed E-state index contributed by atoms with van der Waals surface area (Å²) in [6, 6.07) is 7.94. The van der Waals surface area contributed by atoms with E-state index in [-0.39, 0.29) is 18.2 Å². The highest BCUT2D eigenvalue weighted by molar-refractivity contribution is 6.18. The van der Waals surface area contributed by atoms with Crippen molar-refractivity contribution in [3.05, 3.63) is 47.8 Å². The van der Waals surface area contributed by atoms with Gasteiger partial charge in [-0.05, 0) is 6.92 Å². The molecule has 1 aromatic carbocycles. The summed E-state index contributed by atoms with van der Waals surface area (Å²) >= 11 is 0. The largest absolute Gasteiger partial charge is 0.402 e. The van der Waals surface area contributed by atoms with E-state index < -0.39 is 12.1 Å². The summed E-state index contributed by atoms with van der Waals surface area (Å²) in [5, 5.41) is 0. The van der Waals surface area contributed by atoms with Gasteiger partial charge < -0.3 is 0 Å². The Morgan fingerprint density at radius 1 is 1.15 bits per heavy atom. The van der Waals surface area contributed by atoms with Gasteiger partial charge in [-0.2, -0.15) is 0 Å². The molecule has 0 radical (unpaired) electrons. The van der Waals surface area contributed by atoms with Crippen LogP contribution in [0.1, 0.15) is 22.1 Å². The normalized spacial score (nSPS) is 18.7. The van der Waals surface area contributed by atoms with Crippen LogP contribution in [0.25, 0.3) is 0 Å². The molecule has 8 heteroatoms. The Morgan fingerprint density at radius 2 is 1.85 bits per heavy atom. The SMILES string of the molecule is Cc1c[n+]2c(n1CC(=O)c1ccccc1)N=C1C2C(=O)N(C)C(=O)N1C. The fourth-order valence-electron chi connectivity index (χ4n) is 3.36. The maximum Gasteiger partial charge on any atom is 0.402 e. The van der Waals surface area contributed by atoms with Crippen LogP contribution in [0, 0.1) is 6.92 Å². The van der Waals surface area contributed by atoms with E-state index in [1.807, 2.05) is 25.1 Å². The molecule has 1 atom stereocenters. The first-order chi connectivity index (χ1) is 12.4. The lowest BCUT2D eigenvalue weighted by atomic mass is 10.1. The van der Waals surface area contributed by atoms with Crippen LogP contribution in [0.2, 0.25) is 0 Å². The molecule has 8 nitrogen and oxygen atoms in total. The summed E-state index contributed by atoms with van der Waals surface area (Å²) in [5.74, 6) is 0.502. The maximum atomic E-state index is 12.6. The van der Waals surface area contributed by atoms with Gasteiger partial charge in [0, 0.05) is 19.7 Å². The molecule has 0 saturated carbocycles. The monoisotopic (exact) mass is 352 g/mol. The second kappa shape index (κ2) is 5.62. The number of fused-ring (bicyclic) bond motifs is 3. The fourth-order valence-corrected chi connectivity index (χ4v) is 3.36.